The lowest BCUT2D eigenvalue weighted by Crippen LogP contribution is -2.55. The van der Waals surface area contributed by atoms with Gasteiger partial charge in [-0.3, -0.25) is 0 Å². The van der Waals surface area contributed by atoms with Crippen LogP contribution in [0.5, 0.6) is 0 Å². The summed E-state index contributed by atoms with van der Waals surface area (Å²) in [6.45, 7) is 11.3. The van der Waals surface area contributed by atoms with E-state index in [1.54, 1.807) is 0 Å². The molecule has 6 heteroatoms. The van der Waals surface area contributed by atoms with E-state index < -0.39 is 0 Å². The molecule has 0 saturated heterocycles. The van der Waals surface area contributed by atoms with E-state index in [4.69, 9.17) is 9.47 Å². The second kappa shape index (κ2) is 26.1. The van der Waals surface area contributed by atoms with E-state index in [1.165, 1.54) is 103 Å². The number of esters is 2. The number of likely N-dealkylation sites (N-methyl/N-ethyl adjacent to an activating group) is 2. The summed E-state index contributed by atoms with van der Waals surface area (Å²) >= 11 is 0. The molecule has 0 spiro atoms. The number of hydrogen-bond donors (Lipinski definition) is 0. The summed E-state index contributed by atoms with van der Waals surface area (Å²) in [4.78, 5) is 25.5. The van der Waals surface area contributed by atoms with Gasteiger partial charge in [0.2, 0.25) is 0 Å². The molecule has 2 unspecified atom stereocenters. The van der Waals surface area contributed by atoms with Crippen molar-refractivity contribution >= 4 is 11.9 Å². The third-order valence-electron chi connectivity index (χ3n) is 9.73. The number of rotatable bonds is 30. The average Bonchev–Trinajstić information content (AvgIpc) is 2.97. The minimum atomic E-state index is -0.206. The molecular weight excluding hydrogens is 536 g/mol. The van der Waals surface area contributed by atoms with Crippen LogP contribution < -0.4 is 0 Å². The zero-order chi connectivity index (χ0) is 32.4. The lowest BCUT2D eigenvalue weighted by molar-refractivity contribution is -0.923. The first kappa shape index (κ1) is 41.9. The van der Waals surface area contributed by atoms with Crippen LogP contribution in [0.4, 0.5) is 0 Å². The Morgan fingerprint density at radius 2 is 0.698 bits per heavy atom. The number of unbranched alkanes of at least 4 members (excludes halogenated alkanes) is 18. The van der Waals surface area contributed by atoms with Crippen molar-refractivity contribution in [3.05, 3.63) is 0 Å². The van der Waals surface area contributed by atoms with Crippen LogP contribution >= 0.6 is 0 Å². The maximum Gasteiger partial charge on any atom is 0.364 e. The second-order valence-corrected chi connectivity index (χ2v) is 14.4. The van der Waals surface area contributed by atoms with Gasteiger partial charge < -0.3 is 18.4 Å². The van der Waals surface area contributed by atoms with E-state index in [0.29, 0.717) is 22.2 Å². The Bertz CT molecular complexity index is 624. The molecule has 0 aromatic carbocycles. The van der Waals surface area contributed by atoms with Gasteiger partial charge in [-0.1, -0.05) is 129 Å². The van der Waals surface area contributed by atoms with Gasteiger partial charge >= 0.3 is 11.9 Å². The normalized spacial score (nSPS) is 13.6. The molecule has 0 aromatic rings. The van der Waals surface area contributed by atoms with Crippen LogP contribution in [-0.2, 0) is 19.1 Å². The van der Waals surface area contributed by atoms with E-state index in [-0.39, 0.29) is 24.0 Å². The predicted octanol–water partition coefficient (Wildman–Crippen LogP) is 9.23. The van der Waals surface area contributed by atoms with Crippen molar-refractivity contribution in [3.63, 3.8) is 0 Å². The third kappa shape index (κ3) is 22.1. The van der Waals surface area contributed by atoms with Crippen LogP contribution in [0.2, 0.25) is 0 Å². The Hall–Kier alpha value is -1.14. The predicted molar refractivity (Wildman–Crippen MR) is 183 cm³/mol. The van der Waals surface area contributed by atoms with Gasteiger partial charge in [-0.05, 0) is 26.7 Å². The second-order valence-electron chi connectivity index (χ2n) is 14.4. The highest BCUT2D eigenvalue weighted by Crippen LogP contribution is 2.16. The topological polar surface area (TPSA) is 52.6 Å². The zero-order valence-electron chi connectivity index (χ0n) is 30.4. The molecule has 0 fully saturated rings. The lowest BCUT2D eigenvalue weighted by atomic mass is 10.1. The van der Waals surface area contributed by atoms with Gasteiger partial charge in [0.25, 0.3) is 0 Å². The SMILES string of the molecule is CCCCCCCCCCCCOC(=O)C(C)[N+](C)(C)CCC[N+](C)(C)C(C)C(=O)OCCCCCCCCCCCC. The van der Waals surface area contributed by atoms with Crippen molar-refractivity contribution in [2.75, 3.05) is 54.5 Å². The third-order valence-corrected chi connectivity index (χ3v) is 9.73. The van der Waals surface area contributed by atoms with E-state index in [2.05, 4.69) is 42.0 Å². The van der Waals surface area contributed by atoms with Crippen molar-refractivity contribution in [3.8, 4) is 0 Å². The number of carbonyl (C=O) groups excluding carboxylic acids is 2. The molecule has 0 saturated carbocycles. The van der Waals surface area contributed by atoms with Gasteiger partial charge in [0.1, 0.15) is 0 Å². The number of nitrogens with zero attached hydrogens (tertiary/aromatic N) is 2. The maximum atomic E-state index is 12.8. The summed E-state index contributed by atoms with van der Waals surface area (Å²) in [5.74, 6) is -0.197. The molecule has 0 aliphatic carbocycles. The molecule has 0 rings (SSSR count). The first-order valence-electron chi connectivity index (χ1n) is 18.5. The monoisotopic (exact) mass is 613 g/mol. The highest BCUT2D eigenvalue weighted by molar-refractivity contribution is 5.74. The standard InChI is InChI=1S/C37H76N2O4/c1-9-11-13-15-17-19-21-23-25-27-32-42-36(40)34(3)38(5,6)30-29-31-39(7,8)35(4)37(41)43-33-28-26-24-22-20-18-16-14-12-10-2/h34-35H,9-33H2,1-8H3/q+2. The smallest absolute Gasteiger partial charge is 0.364 e. The van der Waals surface area contributed by atoms with Crippen molar-refractivity contribution < 1.29 is 28.0 Å². The van der Waals surface area contributed by atoms with Gasteiger partial charge in [-0.2, -0.15) is 0 Å². The van der Waals surface area contributed by atoms with Gasteiger partial charge in [-0.25, -0.2) is 9.59 Å². The molecule has 0 bridgehead atoms. The molecule has 0 aliphatic rings. The largest absolute Gasteiger partial charge is 0.461 e. The Balaban J connectivity index is 4.09. The Morgan fingerprint density at radius 3 is 0.977 bits per heavy atom. The molecule has 0 aliphatic heterocycles. The van der Waals surface area contributed by atoms with Gasteiger partial charge in [-0.15, -0.1) is 0 Å². The van der Waals surface area contributed by atoms with Crippen LogP contribution in [0.15, 0.2) is 0 Å². The van der Waals surface area contributed by atoms with E-state index in [9.17, 15) is 9.59 Å². The summed E-state index contributed by atoms with van der Waals surface area (Å²) in [5.41, 5.74) is 0. The Morgan fingerprint density at radius 1 is 0.442 bits per heavy atom. The Labute approximate surface area is 268 Å². The van der Waals surface area contributed by atoms with Gasteiger partial charge in [0.05, 0.1) is 54.5 Å². The van der Waals surface area contributed by atoms with Crippen LogP contribution in [0.1, 0.15) is 163 Å². The molecule has 0 heterocycles. The van der Waals surface area contributed by atoms with Crippen LogP contribution in [0.3, 0.4) is 0 Å². The molecule has 2 atom stereocenters. The number of hydrogen-bond acceptors (Lipinski definition) is 4. The number of ether oxygens (including phenoxy) is 2. The van der Waals surface area contributed by atoms with E-state index >= 15 is 0 Å². The first-order valence-corrected chi connectivity index (χ1v) is 18.5. The fourth-order valence-corrected chi connectivity index (χ4v) is 5.61. The molecule has 43 heavy (non-hydrogen) atoms. The van der Waals surface area contributed by atoms with Crippen molar-refractivity contribution in [2.45, 2.75) is 175 Å². The van der Waals surface area contributed by atoms with E-state index in [1.807, 2.05) is 13.8 Å². The lowest BCUT2D eigenvalue weighted by Gasteiger charge is -2.38. The highest BCUT2D eigenvalue weighted by atomic mass is 16.5. The van der Waals surface area contributed by atoms with Crippen molar-refractivity contribution in [2.24, 2.45) is 0 Å². The van der Waals surface area contributed by atoms with Crippen LogP contribution in [-0.4, -0.2) is 87.5 Å². The van der Waals surface area contributed by atoms with Gasteiger partial charge in [0, 0.05) is 6.42 Å². The molecule has 0 N–H and O–H groups in total. The first-order chi connectivity index (χ1) is 20.5. The van der Waals surface area contributed by atoms with Gasteiger partial charge in [0.15, 0.2) is 12.1 Å². The van der Waals surface area contributed by atoms with Crippen LogP contribution in [0.25, 0.3) is 0 Å². The average molecular weight is 613 g/mol. The molecule has 0 radical (unpaired) electrons. The van der Waals surface area contributed by atoms with Crippen LogP contribution in [0, 0.1) is 0 Å². The molecule has 0 aromatic heterocycles. The fraction of sp³-hybridized carbons (Fsp3) is 0.946. The summed E-state index contributed by atoms with van der Waals surface area (Å²) < 4.78 is 12.5. The number of carbonyl (C=O) groups is 2. The molecule has 0 amide bonds. The fourth-order valence-electron chi connectivity index (χ4n) is 5.61. The van der Waals surface area contributed by atoms with Crippen molar-refractivity contribution in [1.29, 1.82) is 0 Å². The summed E-state index contributed by atoms with van der Waals surface area (Å²) in [6.07, 6.45) is 26.4. The minimum absolute atomic E-state index is 0.0985. The molecule has 256 valence electrons. The minimum Gasteiger partial charge on any atom is -0.461 e. The molecular formula is C37H76N2O4+2. The zero-order valence-corrected chi connectivity index (χ0v) is 30.4. The Kier molecular flexibility index (Phi) is 25.4. The number of quaternary nitrogens is 2. The van der Waals surface area contributed by atoms with E-state index in [0.717, 1.165) is 45.2 Å². The molecule has 6 nitrogen and oxygen atoms in total. The summed E-state index contributed by atoms with van der Waals surface area (Å²) in [5, 5.41) is 0. The summed E-state index contributed by atoms with van der Waals surface area (Å²) in [6, 6.07) is -0.413. The quantitative estimate of drug-likeness (QED) is 0.0461. The highest BCUT2D eigenvalue weighted by Gasteiger charge is 2.35. The van der Waals surface area contributed by atoms with Crippen molar-refractivity contribution in [1.82, 2.24) is 0 Å². The maximum absolute atomic E-state index is 12.8. The summed E-state index contributed by atoms with van der Waals surface area (Å²) in [7, 11) is 8.43.